The van der Waals surface area contributed by atoms with Crippen molar-refractivity contribution in [2.24, 2.45) is 0 Å². The normalized spacial score (nSPS) is 10.4. The van der Waals surface area contributed by atoms with Crippen LogP contribution in [0.15, 0.2) is 42.5 Å². The monoisotopic (exact) mass is 363 g/mol. The molecule has 0 aliphatic rings. The van der Waals surface area contributed by atoms with Crippen molar-refractivity contribution in [2.45, 2.75) is 19.8 Å². The topological polar surface area (TPSA) is 55.4 Å². The molecule has 2 rings (SSSR count). The Labute approximate surface area is 150 Å². The third kappa shape index (κ3) is 6.19. The molecule has 2 aromatic carbocycles. The minimum Gasteiger partial charge on any atom is -0.460 e. The summed E-state index contributed by atoms with van der Waals surface area (Å²) in [5.41, 5.74) is 2.04. The molecule has 0 aliphatic carbocycles. The predicted octanol–water partition coefficient (Wildman–Crippen LogP) is 3.69. The fourth-order valence-electron chi connectivity index (χ4n) is 2.17. The van der Waals surface area contributed by atoms with Gasteiger partial charge in [0, 0.05) is 11.4 Å². The number of esters is 1. The molecule has 1 N–H and O–H groups in total. The van der Waals surface area contributed by atoms with Gasteiger partial charge in [0.05, 0.1) is 12.1 Å². The van der Waals surface area contributed by atoms with Crippen molar-refractivity contribution in [1.82, 2.24) is 5.32 Å². The summed E-state index contributed by atoms with van der Waals surface area (Å²) in [5.74, 6) is -1.64. The average Bonchev–Trinajstić information content (AvgIpc) is 2.60. The number of amides is 1. The molecule has 6 heteroatoms. The fourth-order valence-corrected chi connectivity index (χ4v) is 2.34. The van der Waals surface area contributed by atoms with E-state index < -0.39 is 11.8 Å². The van der Waals surface area contributed by atoms with E-state index in [0.717, 1.165) is 11.6 Å². The highest BCUT2D eigenvalue weighted by Crippen LogP contribution is 2.15. The molecule has 1 amide bonds. The maximum Gasteiger partial charge on any atom is 0.341 e. The van der Waals surface area contributed by atoms with Crippen molar-refractivity contribution in [1.29, 1.82) is 0 Å². The molecule has 0 atom stereocenters. The molecule has 0 saturated heterocycles. The minimum atomic E-state index is -0.811. The van der Waals surface area contributed by atoms with Gasteiger partial charge in [-0.05, 0) is 37.1 Å². The number of carbonyl (C=O) groups excluding carboxylic acids is 2. The lowest BCUT2D eigenvalue weighted by molar-refractivity contribution is -0.121. The summed E-state index contributed by atoms with van der Waals surface area (Å²) in [6, 6.07) is 11.6. The van der Waals surface area contributed by atoms with Gasteiger partial charge in [0.2, 0.25) is 5.91 Å². The van der Waals surface area contributed by atoms with Crippen LogP contribution in [-0.2, 0) is 16.0 Å². The smallest absolute Gasteiger partial charge is 0.341 e. The summed E-state index contributed by atoms with van der Waals surface area (Å²) in [7, 11) is 0. The van der Waals surface area contributed by atoms with Crippen molar-refractivity contribution < 1.29 is 18.7 Å². The number of hydrogen-bond donors (Lipinski definition) is 1. The molecule has 0 heterocycles. The first kappa shape index (κ1) is 18.9. The van der Waals surface area contributed by atoms with Crippen LogP contribution in [0, 0.1) is 12.7 Å². The summed E-state index contributed by atoms with van der Waals surface area (Å²) in [5, 5.41) is 2.91. The number of rotatable bonds is 7. The first-order valence-corrected chi connectivity index (χ1v) is 8.28. The molecular weight excluding hydrogens is 345 g/mol. The zero-order chi connectivity index (χ0) is 18.2. The van der Waals surface area contributed by atoms with Crippen LogP contribution in [0.5, 0.6) is 0 Å². The molecule has 25 heavy (non-hydrogen) atoms. The number of nitrogens with one attached hydrogen (secondary N) is 1. The Bertz CT molecular complexity index is 747. The number of aryl methyl sites for hydroxylation is 2. The van der Waals surface area contributed by atoms with Gasteiger partial charge in [-0.15, -0.1) is 0 Å². The summed E-state index contributed by atoms with van der Waals surface area (Å²) >= 11 is 5.73. The second-order valence-electron chi connectivity index (χ2n) is 5.60. The summed E-state index contributed by atoms with van der Waals surface area (Å²) < 4.78 is 18.5. The lowest BCUT2D eigenvalue weighted by atomic mass is 10.1. The van der Waals surface area contributed by atoms with Crippen LogP contribution in [0.25, 0.3) is 0 Å². The largest absolute Gasteiger partial charge is 0.460 e. The van der Waals surface area contributed by atoms with Crippen LogP contribution in [-0.4, -0.2) is 25.0 Å². The molecule has 4 nitrogen and oxygen atoms in total. The number of benzene rings is 2. The lowest BCUT2D eigenvalue weighted by Gasteiger charge is -2.08. The number of carbonyl (C=O) groups is 2. The highest BCUT2D eigenvalue weighted by Gasteiger charge is 2.13. The van der Waals surface area contributed by atoms with Gasteiger partial charge in [-0.25, -0.2) is 9.18 Å². The molecule has 0 aromatic heterocycles. The van der Waals surface area contributed by atoms with Crippen LogP contribution >= 0.6 is 11.6 Å². The van der Waals surface area contributed by atoms with E-state index in [-0.39, 0.29) is 29.6 Å². The Morgan fingerprint density at radius 3 is 2.60 bits per heavy atom. The highest BCUT2D eigenvalue weighted by atomic mass is 35.5. The van der Waals surface area contributed by atoms with Gasteiger partial charge >= 0.3 is 5.97 Å². The van der Waals surface area contributed by atoms with Gasteiger partial charge in [0.15, 0.2) is 0 Å². The molecule has 0 spiro atoms. The molecule has 132 valence electrons. The predicted molar refractivity (Wildman–Crippen MR) is 94.2 cm³/mol. The van der Waals surface area contributed by atoms with Crippen LogP contribution in [0.4, 0.5) is 4.39 Å². The quantitative estimate of drug-likeness (QED) is 0.603. The van der Waals surface area contributed by atoms with E-state index in [4.69, 9.17) is 16.3 Å². The van der Waals surface area contributed by atoms with Gasteiger partial charge in [-0.3, -0.25) is 4.79 Å². The van der Waals surface area contributed by atoms with E-state index in [9.17, 15) is 14.0 Å². The Morgan fingerprint density at radius 1 is 1.16 bits per heavy atom. The zero-order valence-electron chi connectivity index (χ0n) is 13.9. The molecule has 0 unspecified atom stereocenters. The number of hydrogen-bond acceptors (Lipinski definition) is 3. The van der Waals surface area contributed by atoms with Crippen molar-refractivity contribution >= 4 is 23.5 Å². The molecular formula is C19H19ClFNO3. The van der Waals surface area contributed by atoms with Crippen LogP contribution in [0.2, 0.25) is 5.02 Å². The number of halogens is 2. The van der Waals surface area contributed by atoms with Crippen LogP contribution in [0.3, 0.4) is 0 Å². The van der Waals surface area contributed by atoms with E-state index in [2.05, 4.69) is 5.32 Å². The first-order chi connectivity index (χ1) is 12.0. The molecule has 2 aromatic rings. The van der Waals surface area contributed by atoms with Gasteiger partial charge in [-0.1, -0.05) is 41.4 Å². The van der Waals surface area contributed by atoms with Crippen LogP contribution in [0.1, 0.15) is 27.9 Å². The van der Waals surface area contributed by atoms with E-state index in [1.165, 1.54) is 17.7 Å². The second-order valence-corrected chi connectivity index (χ2v) is 6.03. The SMILES string of the molecule is Cc1ccc(CCC(=O)NCCOC(=O)c2cc(Cl)ccc2F)cc1. The van der Waals surface area contributed by atoms with Crippen molar-refractivity contribution in [3.05, 3.63) is 70.0 Å². The van der Waals surface area contributed by atoms with Crippen molar-refractivity contribution in [2.75, 3.05) is 13.2 Å². The molecule has 0 bridgehead atoms. The van der Waals surface area contributed by atoms with E-state index in [1.807, 2.05) is 31.2 Å². The maximum atomic E-state index is 13.5. The maximum absolute atomic E-state index is 13.5. The van der Waals surface area contributed by atoms with Gasteiger partial charge in [0.1, 0.15) is 12.4 Å². The van der Waals surface area contributed by atoms with Crippen molar-refractivity contribution in [3.8, 4) is 0 Å². The highest BCUT2D eigenvalue weighted by molar-refractivity contribution is 6.30. The van der Waals surface area contributed by atoms with Gasteiger partial charge in [0.25, 0.3) is 0 Å². The Hall–Kier alpha value is -2.40. The fraction of sp³-hybridized carbons (Fsp3) is 0.263. The van der Waals surface area contributed by atoms with E-state index in [0.29, 0.717) is 12.8 Å². The number of ether oxygens (including phenoxy) is 1. The summed E-state index contributed by atoms with van der Waals surface area (Å²) in [6.07, 6.45) is 0.986. The van der Waals surface area contributed by atoms with Crippen molar-refractivity contribution in [3.63, 3.8) is 0 Å². The van der Waals surface area contributed by atoms with Gasteiger partial charge in [-0.2, -0.15) is 0 Å². The third-order valence-electron chi connectivity index (χ3n) is 3.57. The van der Waals surface area contributed by atoms with Gasteiger partial charge < -0.3 is 10.1 Å². The summed E-state index contributed by atoms with van der Waals surface area (Å²) in [6.45, 7) is 2.13. The molecule has 0 saturated carbocycles. The molecule has 0 radical (unpaired) electrons. The lowest BCUT2D eigenvalue weighted by Crippen LogP contribution is -2.28. The molecule has 0 aliphatic heterocycles. The Balaban J connectivity index is 1.68. The average molecular weight is 364 g/mol. The van der Waals surface area contributed by atoms with Crippen LogP contribution < -0.4 is 5.32 Å². The standard InChI is InChI=1S/C19H19ClFNO3/c1-13-2-4-14(5-3-13)6-9-18(23)22-10-11-25-19(24)16-12-15(20)7-8-17(16)21/h2-5,7-8,12H,6,9-11H2,1H3,(H,22,23). The van der Waals surface area contributed by atoms with E-state index in [1.54, 1.807) is 0 Å². The Kier molecular flexibility index (Phi) is 6.95. The Morgan fingerprint density at radius 2 is 1.88 bits per heavy atom. The third-order valence-corrected chi connectivity index (χ3v) is 3.80. The minimum absolute atomic E-state index is 0.0406. The van der Waals surface area contributed by atoms with E-state index >= 15 is 0 Å². The summed E-state index contributed by atoms with van der Waals surface area (Å²) in [4.78, 5) is 23.5. The zero-order valence-corrected chi connectivity index (χ0v) is 14.6. The second kappa shape index (κ2) is 9.18. The molecule has 0 fully saturated rings. The first-order valence-electron chi connectivity index (χ1n) is 7.90.